The van der Waals surface area contributed by atoms with Gasteiger partial charge in [-0.15, -0.1) is 0 Å². The van der Waals surface area contributed by atoms with E-state index in [9.17, 15) is 0 Å². The van der Waals surface area contributed by atoms with Crippen LogP contribution in [-0.4, -0.2) is 47.6 Å². The van der Waals surface area contributed by atoms with Crippen molar-refractivity contribution in [1.29, 1.82) is 0 Å². The fourth-order valence-electron chi connectivity index (χ4n) is 14.8. The molecule has 0 aliphatic heterocycles. The van der Waals surface area contributed by atoms with Crippen molar-refractivity contribution >= 4 is 171 Å². The average molecular weight is 1360 g/mol. The summed E-state index contributed by atoms with van der Waals surface area (Å²) in [4.78, 5) is 22.5. The van der Waals surface area contributed by atoms with Crippen LogP contribution in [0, 0.1) is 3.57 Å². The Bertz CT molecular complexity index is 6610. The van der Waals surface area contributed by atoms with Crippen LogP contribution in [0.2, 0.25) is 5.15 Å². The second-order valence-corrected chi connectivity index (χ2v) is 25.6. The van der Waals surface area contributed by atoms with Gasteiger partial charge in [0, 0.05) is 94.6 Å². The van der Waals surface area contributed by atoms with Crippen molar-refractivity contribution in [2.24, 2.45) is 0 Å². The van der Waals surface area contributed by atoms with Crippen molar-refractivity contribution in [2.75, 3.05) is 0 Å². The summed E-state index contributed by atoms with van der Waals surface area (Å²) in [7, 11) is 0. The van der Waals surface area contributed by atoms with E-state index < -0.39 is 0 Å². The third-order valence-corrected chi connectivity index (χ3v) is 20.3. The Morgan fingerprint density at radius 3 is 1.30 bits per heavy atom. The van der Waals surface area contributed by atoms with Crippen LogP contribution in [0.4, 0.5) is 0 Å². The molecule has 0 radical (unpaired) electrons. The minimum absolute atomic E-state index is 0.577. The van der Waals surface area contributed by atoms with Gasteiger partial charge in [-0.05, 0) is 174 Å². The first kappa shape index (κ1) is 55.7. The molecule has 0 atom stereocenters. The maximum absolute atomic E-state index is 5.59. The van der Waals surface area contributed by atoms with Crippen molar-refractivity contribution in [3.8, 4) is 34.1 Å². The van der Waals surface area contributed by atoms with Crippen LogP contribution in [0.1, 0.15) is 0 Å². The first-order valence-electron chi connectivity index (χ1n) is 31.9. The van der Waals surface area contributed by atoms with Crippen molar-refractivity contribution in [3.05, 3.63) is 318 Å². The van der Waals surface area contributed by atoms with Gasteiger partial charge in [-0.25, -0.2) is 15.0 Å². The molecule has 0 saturated heterocycles. The number of fused-ring (bicyclic) bond motifs is 23. The first-order valence-corrected chi connectivity index (χ1v) is 33.4. The highest BCUT2D eigenvalue weighted by molar-refractivity contribution is 14.1. The van der Waals surface area contributed by atoms with Crippen LogP contribution in [0.25, 0.3) is 171 Å². The molecule has 0 aliphatic rings. The largest absolute Gasteiger partial charge is 0.338 e. The zero-order valence-corrected chi connectivity index (χ0v) is 54.1. The lowest BCUT2D eigenvalue weighted by molar-refractivity contribution is 1.17. The number of H-pyrrole nitrogens is 1. The van der Waals surface area contributed by atoms with Crippen molar-refractivity contribution in [1.82, 2.24) is 47.6 Å². The minimum Gasteiger partial charge on any atom is -0.338 e. The number of hydrogen-bond acceptors (Lipinski definition) is 4. The summed E-state index contributed by atoms with van der Waals surface area (Å²) in [6.45, 7) is 0. The second kappa shape index (κ2) is 22.4. The molecule has 0 amide bonds. The fraction of sp³-hybridized carbons (Fsp3) is 0. The summed E-state index contributed by atoms with van der Waals surface area (Å²) in [6.07, 6.45) is 3.57. The molecule has 0 saturated carbocycles. The van der Waals surface area contributed by atoms with Gasteiger partial charge in [0.1, 0.15) is 16.6 Å². The third kappa shape index (κ3) is 8.70. The summed E-state index contributed by atoms with van der Waals surface area (Å²) < 4.78 is 12.9. The molecule has 9 aromatic heterocycles. The van der Waals surface area contributed by atoms with E-state index in [2.05, 4.69) is 316 Å². The van der Waals surface area contributed by atoms with Gasteiger partial charge in [0.05, 0.1) is 80.8 Å². The number of aromatic amines is 1. The molecule has 0 spiro atoms. The van der Waals surface area contributed by atoms with Crippen LogP contribution in [-0.2, 0) is 0 Å². The average Bonchev–Trinajstić information content (AvgIpc) is 1.54. The molecule has 21 rings (SSSR count). The minimum atomic E-state index is 0.577. The van der Waals surface area contributed by atoms with Gasteiger partial charge < -0.3 is 23.3 Å². The number of nitrogens with zero attached hydrogens (tertiary/aromatic N) is 9. The predicted octanol–water partition coefficient (Wildman–Crippen LogP) is 22.1. The Hall–Kier alpha value is -11.9. The second-order valence-electron chi connectivity index (χ2n) is 24.1. The molecule has 0 bridgehead atoms. The monoisotopic (exact) mass is 1360 g/mol. The van der Waals surface area contributed by atoms with Gasteiger partial charge in [0.15, 0.2) is 0 Å². The molecule has 12 heteroatoms. The lowest BCUT2D eigenvalue weighted by Crippen LogP contribution is -1.95. The molecular formula is C84H52ClIN10. The van der Waals surface area contributed by atoms with Crippen LogP contribution < -0.4 is 0 Å². The van der Waals surface area contributed by atoms with E-state index in [4.69, 9.17) is 26.6 Å². The van der Waals surface area contributed by atoms with Gasteiger partial charge in [-0.1, -0.05) is 157 Å². The molecular weight excluding hydrogens is 1310 g/mol. The topological polar surface area (TPSA) is 91.5 Å². The molecule has 10 nitrogen and oxygen atoms in total. The lowest BCUT2D eigenvalue weighted by Gasteiger charge is -2.11. The normalized spacial score (nSPS) is 11.9. The van der Waals surface area contributed by atoms with Crippen molar-refractivity contribution in [3.63, 3.8) is 0 Å². The first-order chi connectivity index (χ1) is 47.5. The number of nitrogens with one attached hydrogen (secondary N) is 1. The Balaban J connectivity index is 0.000000122. The number of imidazole rings is 2. The number of hydrogen-bond donors (Lipinski definition) is 1. The van der Waals surface area contributed by atoms with E-state index in [1.807, 2.05) is 42.6 Å². The number of halogens is 2. The summed E-state index contributed by atoms with van der Waals surface area (Å²) in [6, 6.07) is 105. The van der Waals surface area contributed by atoms with E-state index >= 15 is 0 Å². The van der Waals surface area contributed by atoms with E-state index in [1.165, 1.54) is 76.2 Å². The summed E-state index contributed by atoms with van der Waals surface area (Å²) >= 11 is 7.72. The maximum atomic E-state index is 5.59. The molecule has 96 heavy (non-hydrogen) atoms. The van der Waals surface area contributed by atoms with Crippen LogP contribution in [0.3, 0.4) is 0 Å². The third-order valence-electron chi connectivity index (χ3n) is 18.8. The number of aromatic nitrogens is 10. The zero-order valence-electron chi connectivity index (χ0n) is 51.2. The molecule has 1 N–H and O–H groups in total. The Morgan fingerprint density at radius 1 is 0.312 bits per heavy atom. The highest BCUT2D eigenvalue weighted by Gasteiger charge is 2.25. The Morgan fingerprint density at radius 2 is 0.760 bits per heavy atom. The van der Waals surface area contributed by atoms with Crippen LogP contribution in [0.5, 0.6) is 0 Å². The van der Waals surface area contributed by atoms with E-state index in [0.29, 0.717) is 5.15 Å². The number of pyridine rings is 3. The van der Waals surface area contributed by atoms with Gasteiger partial charge >= 0.3 is 0 Å². The smallest absolute Gasteiger partial charge is 0.146 e. The fourth-order valence-corrected chi connectivity index (χ4v) is 15.3. The molecule has 0 aliphatic carbocycles. The van der Waals surface area contributed by atoms with Crippen LogP contribution >= 0.6 is 34.2 Å². The Kier molecular flexibility index (Phi) is 13.0. The predicted molar refractivity (Wildman–Crippen MR) is 406 cm³/mol. The Labute approximate surface area is 566 Å². The lowest BCUT2D eigenvalue weighted by atomic mass is 10.0. The van der Waals surface area contributed by atoms with Crippen LogP contribution in [0.15, 0.2) is 310 Å². The molecule has 0 unspecified atom stereocenters. The van der Waals surface area contributed by atoms with E-state index in [1.54, 1.807) is 6.20 Å². The van der Waals surface area contributed by atoms with Crippen molar-refractivity contribution < 1.29 is 0 Å². The molecule has 452 valence electrons. The van der Waals surface area contributed by atoms with E-state index in [-0.39, 0.29) is 0 Å². The molecule has 12 aromatic carbocycles. The SMILES string of the molecule is Clc1ncccc1I.c1ccc(-n2c3ccccc3c3c4c5cc6c(cc5n(-c5ccccc5)c4ccc32)c2nc3ccccc3n2c2cccnc62)cc1.c1ccc(-n2c3ccccc3c3c4c5ccc(-c6nc7ccccc7[nH]6)cc5n(-c5ccccc5)c4ccc32)cc1. The summed E-state index contributed by atoms with van der Waals surface area (Å²) in [5, 5.41) is 12.7. The number of benzene rings is 12. The van der Waals surface area contributed by atoms with Gasteiger partial charge in [-0.2, -0.15) is 0 Å². The highest BCUT2D eigenvalue weighted by Crippen LogP contribution is 2.47. The van der Waals surface area contributed by atoms with Gasteiger partial charge in [-0.3, -0.25) is 9.38 Å². The quantitative estimate of drug-likeness (QED) is 0.106. The standard InChI is InChI=1S/C42H25N5.C37H24N4.C5H3ClIN/c1-3-12-26(13-4-1)45-33-18-9-7-16-28(33)39-35(45)21-22-36-40(39)31-24-29-30(25-38(31)46(36)27-14-5-2-6-15-27)42-44-32-17-8-10-19-34(32)47(42)37-20-11-23-43-41(29)37;1-3-11-25(12-4-1)40-31-18-10-7-15-27(31)35-32(40)21-22-33-36(35)28-20-19-24(37-38-29-16-8-9-17-30(29)39-37)23-34(28)41(33)26-13-5-2-6-14-26;6-5-4(7)2-1-3-8-5/h1-25H;1-23H,(H,38,39);1-3H. The molecule has 0 fully saturated rings. The number of para-hydroxylation sites is 10. The highest BCUT2D eigenvalue weighted by atomic mass is 127. The van der Waals surface area contributed by atoms with Gasteiger partial charge in [0.25, 0.3) is 0 Å². The molecule has 9 heterocycles. The number of rotatable bonds is 5. The summed E-state index contributed by atoms with van der Waals surface area (Å²) in [5.41, 5.74) is 22.2. The van der Waals surface area contributed by atoms with E-state index in [0.717, 1.165) is 98.3 Å². The van der Waals surface area contributed by atoms with Crippen molar-refractivity contribution in [2.45, 2.75) is 0 Å². The molecule has 21 aromatic rings. The van der Waals surface area contributed by atoms with Gasteiger partial charge in [0.2, 0.25) is 0 Å². The summed E-state index contributed by atoms with van der Waals surface area (Å²) in [5.74, 6) is 0.879. The maximum Gasteiger partial charge on any atom is 0.146 e. The zero-order chi connectivity index (χ0) is 63.5.